The van der Waals surface area contributed by atoms with Gasteiger partial charge in [0.2, 0.25) is 5.91 Å². The minimum atomic E-state index is -0.355. The van der Waals surface area contributed by atoms with Crippen LogP contribution in [-0.4, -0.2) is 40.5 Å². The quantitative estimate of drug-likeness (QED) is 0.674. The molecule has 8 heteroatoms. The summed E-state index contributed by atoms with van der Waals surface area (Å²) < 4.78 is 6.58. The Balaban J connectivity index is 1.82. The molecule has 1 heterocycles. The predicted octanol–water partition coefficient (Wildman–Crippen LogP) is 1.62. The van der Waals surface area contributed by atoms with Gasteiger partial charge < -0.3 is 15.4 Å². The van der Waals surface area contributed by atoms with E-state index in [1.165, 1.54) is 10.9 Å². The molecule has 0 saturated heterocycles. The predicted molar refractivity (Wildman–Crippen MR) is 93.4 cm³/mol. The fourth-order valence-electron chi connectivity index (χ4n) is 2.01. The zero-order chi connectivity index (χ0) is 18.1. The normalized spacial score (nSPS) is 10.1. The van der Waals surface area contributed by atoms with E-state index in [-0.39, 0.29) is 17.5 Å². The van der Waals surface area contributed by atoms with Crippen molar-refractivity contribution in [3.8, 4) is 5.75 Å². The molecule has 0 saturated carbocycles. The van der Waals surface area contributed by atoms with Crippen LogP contribution < -0.4 is 15.4 Å². The lowest BCUT2D eigenvalue weighted by molar-refractivity contribution is -0.121. The van der Waals surface area contributed by atoms with Gasteiger partial charge in [-0.05, 0) is 30.7 Å². The van der Waals surface area contributed by atoms with Crippen molar-refractivity contribution in [2.75, 3.05) is 19.0 Å². The van der Waals surface area contributed by atoms with Gasteiger partial charge in [0.05, 0.1) is 19.9 Å². The maximum Gasteiger partial charge on any atom is 0.277 e. The fraction of sp³-hybridized carbons (Fsp3) is 0.294. The number of hydrogen-bond donors (Lipinski definition) is 2. The molecule has 0 unspecified atom stereocenters. The number of ether oxygens (including phenoxy) is 1. The summed E-state index contributed by atoms with van der Waals surface area (Å²) in [6.45, 7) is 4.42. The number of aromatic nitrogens is 3. The van der Waals surface area contributed by atoms with E-state index < -0.39 is 0 Å². The first kappa shape index (κ1) is 18.2. The number of nitrogens with one attached hydrogen (secondary N) is 2. The number of hydrogen-bond acceptors (Lipinski definition) is 5. The van der Waals surface area contributed by atoms with Crippen molar-refractivity contribution in [2.24, 2.45) is 0 Å². The van der Waals surface area contributed by atoms with Gasteiger partial charge in [0, 0.05) is 18.7 Å². The minimum Gasteiger partial charge on any atom is -0.497 e. The second kappa shape index (κ2) is 9.21. The molecule has 0 aliphatic heterocycles. The Kier molecular flexibility index (Phi) is 6.70. The lowest BCUT2D eigenvalue weighted by Crippen LogP contribution is -2.27. The third-order valence-electron chi connectivity index (χ3n) is 3.36. The van der Waals surface area contributed by atoms with E-state index in [4.69, 9.17) is 4.74 Å². The van der Waals surface area contributed by atoms with E-state index in [2.05, 4.69) is 27.5 Å². The Labute approximate surface area is 145 Å². The summed E-state index contributed by atoms with van der Waals surface area (Å²) in [6, 6.07) is 6.98. The molecule has 0 radical (unpaired) electrons. The van der Waals surface area contributed by atoms with Crippen LogP contribution in [-0.2, 0) is 11.3 Å². The summed E-state index contributed by atoms with van der Waals surface area (Å²) in [5.74, 6) is 0.308. The molecule has 0 aliphatic rings. The Morgan fingerprint density at radius 1 is 1.32 bits per heavy atom. The van der Waals surface area contributed by atoms with Crippen molar-refractivity contribution < 1.29 is 14.3 Å². The summed E-state index contributed by atoms with van der Waals surface area (Å²) in [5.41, 5.74) is 0.837. The molecule has 2 N–H and O–H groups in total. The first-order valence-corrected chi connectivity index (χ1v) is 7.85. The van der Waals surface area contributed by atoms with Gasteiger partial charge in [0.25, 0.3) is 5.91 Å². The van der Waals surface area contributed by atoms with Crippen molar-refractivity contribution >= 4 is 17.5 Å². The Morgan fingerprint density at radius 3 is 2.76 bits per heavy atom. The van der Waals surface area contributed by atoms with Gasteiger partial charge in [-0.3, -0.25) is 9.59 Å². The van der Waals surface area contributed by atoms with E-state index >= 15 is 0 Å². The van der Waals surface area contributed by atoms with Crippen LogP contribution in [0.25, 0.3) is 0 Å². The Morgan fingerprint density at radius 2 is 2.08 bits per heavy atom. The molecule has 1 aromatic heterocycles. The average Bonchev–Trinajstić information content (AvgIpc) is 3.09. The summed E-state index contributed by atoms with van der Waals surface area (Å²) in [6.07, 6.45) is 4.29. The standard InChI is InChI=1S/C17H21N5O3/c1-3-4-5-16(23)18-10-11-22-12-15(20-21-22)17(24)19-13-6-8-14(25-2)9-7-13/h3,6-9,12H,1,4-5,10-11H2,2H3,(H,18,23)(H,19,24). The smallest absolute Gasteiger partial charge is 0.277 e. The molecule has 1 aromatic carbocycles. The molecular formula is C17H21N5O3. The van der Waals surface area contributed by atoms with Gasteiger partial charge in [0.1, 0.15) is 5.75 Å². The number of rotatable bonds is 9. The van der Waals surface area contributed by atoms with Crippen LogP contribution in [0.2, 0.25) is 0 Å². The van der Waals surface area contributed by atoms with E-state index in [1.54, 1.807) is 37.5 Å². The summed E-state index contributed by atoms with van der Waals surface area (Å²) in [4.78, 5) is 23.6. The van der Waals surface area contributed by atoms with Gasteiger partial charge in [-0.2, -0.15) is 0 Å². The van der Waals surface area contributed by atoms with Gasteiger partial charge in [-0.25, -0.2) is 4.68 Å². The van der Waals surface area contributed by atoms with Crippen LogP contribution in [0.5, 0.6) is 5.75 Å². The number of methoxy groups -OCH3 is 1. The lowest BCUT2D eigenvalue weighted by Gasteiger charge is -2.04. The zero-order valence-electron chi connectivity index (χ0n) is 14.1. The highest BCUT2D eigenvalue weighted by Gasteiger charge is 2.11. The SMILES string of the molecule is C=CCCC(=O)NCCn1cc(C(=O)Nc2ccc(OC)cc2)nn1. The number of carbonyl (C=O) groups excluding carboxylic acids is 2. The average molecular weight is 343 g/mol. The molecule has 0 atom stereocenters. The molecule has 0 fully saturated rings. The molecule has 25 heavy (non-hydrogen) atoms. The minimum absolute atomic E-state index is 0.0440. The van der Waals surface area contributed by atoms with Crippen molar-refractivity contribution in [3.63, 3.8) is 0 Å². The molecule has 0 bridgehead atoms. The van der Waals surface area contributed by atoms with E-state index in [1.807, 2.05) is 0 Å². The highest BCUT2D eigenvalue weighted by molar-refractivity contribution is 6.02. The number of allylic oxidation sites excluding steroid dienone is 1. The third kappa shape index (κ3) is 5.76. The third-order valence-corrected chi connectivity index (χ3v) is 3.36. The summed E-state index contributed by atoms with van der Waals surface area (Å²) >= 11 is 0. The number of benzene rings is 1. The molecule has 2 rings (SSSR count). The molecule has 2 aromatic rings. The van der Waals surface area contributed by atoms with Gasteiger partial charge in [0.15, 0.2) is 5.69 Å². The highest BCUT2D eigenvalue weighted by atomic mass is 16.5. The van der Waals surface area contributed by atoms with Crippen LogP contribution in [0.1, 0.15) is 23.3 Å². The van der Waals surface area contributed by atoms with Crippen LogP contribution >= 0.6 is 0 Å². The van der Waals surface area contributed by atoms with Crippen molar-refractivity contribution in [1.82, 2.24) is 20.3 Å². The van der Waals surface area contributed by atoms with Crippen LogP contribution in [0.3, 0.4) is 0 Å². The Hall–Kier alpha value is -3.16. The maximum absolute atomic E-state index is 12.1. The molecule has 132 valence electrons. The van der Waals surface area contributed by atoms with Gasteiger partial charge in [-0.15, -0.1) is 11.7 Å². The molecule has 0 spiro atoms. The number of amides is 2. The van der Waals surface area contributed by atoms with E-state index in [9.17, 15) is 9.59 Å². The lowest BCUT2D eigenvalue weighted by atomic mass is 10.3. The van der Waals surface area contributed by atoms with Gasteiger partial charge in [-0.1, -0.05) is 11.3 Å². The van der Waals surface area contributed by atoms with Crippen molar-refractivity contribution in [2.45, 2.75) is 19.4 Å². The monoisotopic (exact) mass is 343 g/mol. The topological polar surface area (TPSA) is 98.1 Å². The fourth-order valence-corrected chi connectivity index (χ4v) is 2.01. The summed E-state index contributed by atoms with van der Waals surface area (Å²) in [7, 11) is 1.58. The second-order valence-corrected chi connectivity index (χ2v) is 5.23. The van der Waals surface area contributed by atoms with Crippen molar-refractivity contribution in [3.05, 3.63) is 48.8 Å². The summed E-state index contributed by atoms with van der Waals surface area (Å²) in [5, 5.41) is 13.2. The molecule has 2 amide bonds. The van der Waals surface area contributed by atoms with Crippen molar-refractivity contribution in [1.29, 1.82) is 0 Å². The molecular weight excluding hydrogens is 322 g/mol. The second-order valence-electron chi connectivity index (χ2n) is 5.23. The van der Waals surface area contributed by atoms with Crippen LogP contribution in [0.15, 0.2) is 43.1 Å². The van der Waals surface area contributed by atoms with E-state index in [0.29, 0.717) is 37.4 Å². The first-order chi connectivity index (χ1) is 12.1. The van der Waals surface area contributed by atoms with E-state index in [0.717, 1.165) is 0 Å². The van der Waals surface area contributed by atoms with Gasteiger partial charge >= 0.3 is 0 Å². The highest BCUT2D eigenvalue weighted by Crippen LogP contribution is 2.15. The molecule has 0 aliphatic carbocycles. The van der Waals surface area contributed by atoms with Crippen LogP contribution in [0, 0.1) is 0 Å². The molecule has 8 nitrogen and oxygen atoms in total. The number of carbonyl (C=O) groups is 2. The first-order valence-electron chi connectivity index (χ1n) is 7.85. The Bertz CT molecular complexity index is 724. The zero-order valence-corrected chi connectivity index (χ0v) is 14.1. The maximum atomic E-state index is 12.1. The van der Waals surface area contributed by atoms with Crippen LogP contribution in [0.4, 0.5) is 5.69 Å². The largest absolute Gasteiger partial charge is 0.497 e. The number of nitrogens with zero attached hydrogens (tertiary/aromatic N) is 3. The number of anilines is 1.